The Morgan fingerprint density at radius 3 is 2.88 bits per heavy atom. The molecule has 0 saturated heterocycles. The maximum atomic E-state index is 12.4. The quantitative estimate of drug-likeness (QED) is 0.779. The predicted octanol–water partition coefficient (Wildman–Crippen LogP) is 3.46. The number of aromatic nitrogens is 1. The zero-order valence-corrected chi connectivity index (χ0v) is 13.9. The third-order valence-corrected chi connectivity index (χ3v) is 5.20. The van der Waals surface area contributed by atoms with Gasteiger partial charge in [0.15, 0.2) is 5.01 Å². The lowest BCUT2D eigenvalue weighted by molar-refractivity contribution is -0.118. The number of rotatable bonds is 2. The highest BCUT2D eigenvalue weighted by Gasteiger charge is 2.21. The van der Waals surface area contributed by atoms with Crippen molar-refractivity contribution in [2.24, 2.45) is 0 Å². The first-order chi connectivity index (χ1) is 11.6. The SMILES string of the molecule is CN1C(=O)CCc2cc(NC(=O)c3nc4ccccc4s3)ccc21. The Bertz CT molecular complexity index is 931. The molecule has 24 heavy (non-hydrogen) atoms. The van der Waals surface area contributed by atoms with Crippen LogP contribution in [0.4, 0.5) is 11.4 Å². The molecule has 4 rings (SSSR count). The van der Waals surface area contributed by atoms with Gasteiger partial charge in [0.25, 0.3) is 5.91 Å². The van der Waals surface area contributed by atoms with Crippen molar-refractivity contribution in [3.63, 3.8) is 0 Å². The lowest BCUT2D eigenvalue weighted by Gasteiger charge is -2.26. The second kappa shape index (κ2) is 5.72. The molecule has 0 radical (unpaired) electrons. The van der Waals surface area contributed by atoms with Crippen molar-refractivity contribution in [3.05, 3.63) is 53.0 Å². The number of amides is 2. The van der Waals surface area contributed by atoms with E-state index < -0.39 is 0 Å². The smallest absolute Gasteiger partial charge is 0.284 e. The van der Waals surface area contributed by atoms with Crippen LogP contribution in [-0.2, 0) is 11.2 Å². The number of hydrogen-bond acceptors (Lipinski definition) is 4. The number of carbonyl (C=O) groups is 2. The Morgan fingerprint density at radius 2 is 2.04 bits per heavy atom. The van der Waals surface area contributed by atoms with Gasteiger partial charge in [0, 0.05) is 24.8 Å². The van der Waals surface area contributed by atoms with Gasteiger partial charge in [-0.2, -0.15) is 0 Å². The summed E-state index contributed by atoms with van der Waals surface area (Å²) in [5.74, 6) is -0.0925. The average Bonchev–Trinajstić information content (AvgIpc) is 3.02. The molecular formula is C18H15N3O2S. The molecule has 1 aliphatic heterocycles. The first-order valence-corrected chi connectivity index (χ1v) is 8.50. The molecule has 6 heteroatoms. The molecule has 2 aromatic carbocycles. The number of para-hydroxylation sites is 1. The number of fused-ring (bicyclic) bond motifs is 2. The summed E-state index contributed by atoms with van der Waals surface area (Å²) in [5, 5.41) is 3.35. The van der Waals surface area contributed by atoms with Gasteiger partial charge in [0.2, 0.25) is 5.91 Å². The fraction of sp³-hybridized carbons (Fsp3) is 0.167. The molecule has 1 N–H and O–H groups in total. The van der Waals surface area contributed by atoms with Crippen LogP contribution in [0.1, 0.15) is 21.8 Å². The van der Waals surface area contributed by atoms with Gasteiger partial charge in [0.05, 0.1) is 10.2 Å². The number of aryl methyl sites for hydroxylation is 1. The monoisotopic (exact) mass is 337 g/mol. The van der Waals surface area contributed by atoms with Crippen molar-refractivity contribution in [1.29, 1.82) is 0 Å². The Balaban J connectivity index is 1.59. The van der Waals surface area contributed by atoms with Crippen LogP contribution in [0.2, 0.25) is 0 Å². The van der Waals surface area contributed by atoms with Gasteiger partial charge >= 0.3 is 0 Å². The summed E-state index contributed by atoms with van der Waals surface area (Å²) in [6.07, 6.45) is 1.20. The van der Waals surface area contributed by atoms with E-state index in [0.717, 1.165) is 27.2 Å². The number of hydrogen-bond donors (Lipinski definition) is 1. The van der Waals surface area contributed by atoms with E-state index in [0.29, 0.717) is 17.8 Å². The molecule has 0 aliphatic carbocycles. The maximum Gasteiger partial charge on any atom is 0.284 e. The topological polar surface area (TPSA) is 62.3 Å². The van der Waals surface area contributed by atoms with Gasteiger partial charge in [-0.1, -0.05) is 12.1 Å². The largest absolute Gasteiger partial charge is 0.320 e. The van der Waals surface area contributed by atoms with Crippen LogP contribution in [0.3, 0.4) is 0 Å². The van der Waals surface area contributed by atoms with Crippen LogP contribution in [0, 0.1) is 0 Å². The van der Waals surface area contributed by atoms with Gasteiger partial charge in [0.1, 0.15) is 0 Å². The van der Waals surface area contributed by atoms with E-state index in [-0.39, 0.29) is 11.8 Å². The summed E-state index contributed by atoms with van der Waals surface area (Å²) in [4.78, 5) is 30.2. The number of nitrogens with zero attached hydrogens (tertiary/aromatic N) is 2. The van der Waals surface area contributed by atoms with Crippen molar-refractivity contribution in [1.82, 2.24) is 4.98 Å². The third kappa shape index (κ3) is 2.55. The molecular weight excluding hydrogens is 322 g/mol. The fourth-order valence-corrected chi connectivity index (χ4v) is 3.75. The molecule has 2 amide bonds. The highest BCUT2D eigenvalue weighted by atomic mass is 32.1. The molecule has 0 unspecified atom stereocenters. The van der Waals surface area contributed by atoms with Gasteiger partial charge < -0.3 is 10.2 Å². The molecule has 120 valence electrons. The number of nitrogens with one attached hydrogen (secondary N) is 1. The minimum absolute atomic E-state index is 0.119. The minimum atomic E-state index is -0.212. The van der Waals surface area contributed by atoms with Crippen LogP contribution in [0.5, 0.6) is 0 Å². The normalized spacial score (nSPS) is 13.9. The van der Waals surface area contributed by atoms with Gasteiger partial charge in [-0.15, -0.1) is 11.3 Å². The van der Waals surface area contributed by atoms with Crippen LogP contribution in [0.15, 0.2) is 42.5 Å². The lowest BCUT2D eigenvalue weighted by Crippen LogP contribution is -2.31. The molecule has 0 saturated carbocycles. The van der Waals surface area contributed by atoms with Crippen molar-refractivity contribution >= 4 is 44.7 Å². The number of carbonyl (C=O) groups excluding carboxylic acids is 2. The van der Waals surface area contributed by atoms with Gasteiger partial charge in [-0.3, -0.25) is 9.59 Å². The summed E-state index contributed by atoms with van der Waals surface area (Å²) < 4.78 is 0.994. The number of benzene rings is 2. The van der Waals surface area contributed by atoms with Gasteiger partial charge in [-0.25, -0.2) is 4.98 Å². The highest BCUT2D eigenvalue weighted by Crippen LogP contribution is 2.29. The van der Waals surface area contributed by atoms with E-state index in [1.807, 2.05) is 42.5 Å². The second-order valence-electron chi connectivity index (χ2n) is 5.74. The molecule has 0 bridgehead atoms. The molecule has 5 nitrogen and oxygen atoms in total. The van der Waals surface area contributed by atoms with Crippen molar-refractivity contribution in [2.45, 2.75) is 12.8 Å². The molecule has 1 aromatic heterocycles. The summed E-state index contributed by atoms with van der Waals surface area (Å²) in [6, 6.07) is 13.3. The molecule has 0 spiro atoms. The van der Waals surface area contributed by atoms with Gasteiger partial charge in [-0.05, 0) is 42.3 Å². The average molecular weight is 337 g/mol. The number of anilines is 2. The minimum Gasteiger partial charge on any atom is -0.320 e. The van der Waals surface area contributed by atoms with Crippen LogP contribution in [0.25, 0.3) is 10.2 Å². The van der Waals surface area contributed by atoms with Crippen molar-refractivity contribution in [3.8, 4) is 0 Å². The van der Waals surface area contributed by atoms with Crippen molar-refractivity contribution < 1.29 is 9.59 Å². The highest BCUT2D eigenvalue weighted by molar-refractivity contribution is 7.20. The molecule has 0 atom stereocenters. The molecule has 2 heterocycles. The van der Waals surface area contributed by atoms with E-state index in [1.54, 1.807) is 11.9 Å². The van der Waals surface area contributed by atoms with E-state index in [4.69, 9.17) is 0 Å². The van der Waals surface area contributed by atoms with Crippen LogP contribution in [-0.4, -0.2) is 23.8 Å². The summed E-state index contributed by atoms with van der Waals surface area (Å²) >= 11 is 1.38. The Kier molecular flexibility index (Phi) is 3.54. The zero-order valence-electron chi connectivity index (χ0n) is 13.1. The molecule has 3 aromatic rings. The predicted molar refractivity (Wildman–Crippen MR) is 95.7 cm³/mol. The second-order valence-corrected chi connectivity index (χ2v) is 6.77. The summed E-state index contributed by atoms with van der Waals surface area (Å²) in [5.41, 5.74) is 3.53. The first-order valence-electron chi connectivity index (χ1n) is 7.68. The maximum absolute atomic E-state index is 12.4. The first kappa shape index (κ1) is 14.8. The third-order valence-electron chi connectivity index (χ3n) is 4.17. The fourth-order valence-electron chi connectivity index (χ4n) is 2.89. The Morgan fingerprint density at radius 1 is 1.21 bits per heavy atom. The number of thiazole rings is 1. The Hall–Kier alpha value is -2.73. The zero-order chi connectivity index (χ0) is 16.7. The van der Waals surface area contributed by atoms with Crippen LogP contribution >= 0.6 is 11.3 Å². The standard InChI is InChI=1S/C18H15N3O2S/c1-21-14-8-7-12(10-11(14)6-9-16(21)22)19-17(23)18-20-13-4-2-3-5-15(13)24-18/h2-5,7-8,10H,6,9H2,1H3,(H,19,23). The Labute approximate surface area is 142 Å². The van der Waals surface area contributed by atoms with E-state index >= 15 is 0 Å². The lowest BCUT2D eigenvalue weighted by atomic mass is 10.0. The summed E-state index contributed by atoms with van der Waals surface area (Å²) in [6.45, 7) is 0. The van der Waals surface area contributed by atoms with E-state index in [9.17, 15) is 9.59 Å². The molecule has 1 aliphatic rings. The van der Waals surface area contributed by atoms with E-state index in [2.05, 4.69) is 10.3 Å². The molecule has 0 fully saturated rings. The van der Waals surface area contributed by atoms with Crippen molar-refractivity contribution in [2.75, 3.05) is 17.3 Å². The van der Waals surface area contributed by atoms with Crippen LogP contribution < -0.4 is 10.2 Å². The van der Waals surface area contributed by atoms with E-state index in [1.165, 1.54) is 11.3 Å². The summed E-state index contributed by atoms with van der Waals surface area (Å²) in [7, 11) is 1.78.